The molecule has 0 amide bonds. The molecule has 3 aromatic rings. The number of hydrogen-bond acceptors (Lipinski definition) is 2. The Kier molecular flexibility index (Phi) is 4.76. The van der Waals surface area contributed by atoms with Crippen LogP contribution in [0.5, 0.6) is 5.75 Å². The largest absolute Gasteiger partial charge is 0.506 e. The Hall–Kier alpha value is -2.55. The van der Waals surface area contributed by atoms with Gasteiger partial charge < -0.3 is 10.1 Å². The van der Waals surface area contributed by atoms with Gasteiger partial charge in [-0.25, -0.2) is 0 Å². The molecular formula is C16H16N2O. The molecule has 2 heterocycles. The predicted molar refractivity (Wildman–Crippen MR) is 75.9 cm³/mol. The van der Waals surface area contributed by atoms with E-state index in [9.17, 15) is 5.11 Å². The van der Waals surface area contributed by atoms with Gasteiger partial charge in [0.25, 0.3) is 0 Å². The second-order valence-corrected chi connectivity index (χ2v) is 4.03. The van der Waals surface area contributed by atoms with Gasteiger partial charge in [0.05, 0.1) is 5.69 Å². The maximum atomic E-state index is 9.38. The van der Waals surface area contributed by atoms with Crippen LogP contribution >= 0.6 is 0 Å². The highest BCUT2D eigenvalue weighted by molar-refractivity contribution is 5.31. The Bertz CT molecular complexity index is 549. The summed E-state index contributed by atoms with van der Waals surface area (Å²) in [5, 5.41) is 9.38. The summed E-state index contributed by atoms with van der Waals surface area (Å²) in [6.07, 6.45) is 5.99. The van der Waals surface area contributed by atoms with Crippen molar-refractivity contribution in [3.63, 3.8) is 0 Å². The molecule has 0 fully saturated rings. The zero-order valence-corrected chi connectivity index (χ0v) is 10.5. The first kappa shape index (κ1) is 12.9. The lowest BCUT2D eigenvalue weighted by atomic mass is 10.1. The quantitative estimate of drug-likeness (QED) is 0.734. The van der Waals surface area contributed by atoms with Crippen LogP contribution in [0.25, 0.3) is 0 Å². The van der Waals surface area contributed by atoms with E-state index < -0.39 is 0 Å². The van der Waals surface area contributed by atoms with Gasteiger partial charge in [-0.3, -0.25) is 4.98 Å². The number of hydrogen-bond donors (Lipinski definition) is 2. The molecule has 0 radical (unpaired) electrons. The molecule has 3 heteroatoms. The van der Waals surface area contributed by atoms with Crippen LogP contribution in [0, 0.1) is 0 Å². The molecular weight excluding hydrogens is 236 g/mol. The zero-order valence-electron chi connectivity index (χ0n) is 10.5. The lowest BCUT2D eigenvalue weighted by Crippen LogP contribution is -1.87. The van der Waals surface area contributed by atoms with E-state index in [2.05, 4.69) is 9.97 Å². The van der Waals surface area contributed by atoms with Crippen LogP contribution in [-0.4, -0.2) is 15.1 Å². The minimum absolute atomic E-state index is 0.337. The molecule has 0 atom stereocenters. The number of aromatic nitrogens is 2. The van der Waals surface area contributed by atoms with Crippen molar-refractivity contribution in [3.05, 3.63) is 84.4 Å². The molecule has 0 saturated heterocycles. The van der Waals surface area contributed by atoms with Crippen molar-refractivity contribution in [1.29, 1.82) is 0 Å². The molecule has 96 valence electrons. The molecule has 0 unspecified atom stereocenters. The van der Waals surface area contributed by atoms with Gasteiger partial charge >= 0.3 is 0 Å². The molecule has 19 heavy (non-hydrogen) atoms. The van der Waals surface area contributed by atoms with Crippen LogP contribution in [0.4, 0.5) is 0 Å². The monoisotopic (exact) mass is 252 g/mol. The number of aromatic amines is 1. The number of nitrogens with one attached hydrogen (secondary N) is 1. The summed E-state index contributed by atoms with van der Waals surface area (Å²) in [7, 11) is 0. The number of nitrogens with zero attached hydrogens (tertiary/aromatic N) is 1. The third-order valence-corrected chi connectivity index (χ3v) is 2.60. The average molecular weight is 252 g/mol. The van der Waals surface area contributed by atoms with Gasteiger partial charge in [0.1, 0.15) is 5.75 Å². The average Bonchev–Trinajstić information content (AvgIpc) is 2.88. The van der Waals surface area contributed by atoms with E-state index in [0.717, 1.165) is 12.1 Å². The molecule has 0 aliphatic rings. The fourth-order valence-electron chi connectivity index (χ4n) is 1.65. The van der Waals surface area contributed by atoms with Gasteiger partial charge in [-0.05, 0) is 23.8 Å². The van der Waals surface area contributed by atoms with Crippen molar-refractivity contribution in [3.8, 4) is 5.75 Å². The standard InChI is InChI=1S/C11H11NO.C5H5N/c13-11-6-7-12-10(11)8-9-4-2-1-3-5-9;1-2-4-6-5-3-1/h1-7,12-13H,8H2;1-5H. The maximum absolute atomic E-state index is 9.38. The van der Waals surface area contributed by atoms with Crippen molar-refractivity contribution in [1.82, 2.24) is 9.97 Å². The smallest absolute Gasteiger partial charge is 0.136 e. The zero-order chi connectivity index (χ0) is 13.3. The highest BCUT2D eigenvalue weighted by Gasteiger charge is 2.01. The molecule has 2 N–H and O–H groups in total. The van der Waals surface area contributed by atoms with E-state index in [0.29, 0.717) is 5.75 Å². The Balaban J connectivity index is 0.000000186. The van der Waals surface area contributed by atoms with Crippen LogP contribution in [0.1, 0.15) is 11.3 Å². The molecule has 0 aliphatic carbocycles. The van der Waals surface area contributed by atoms with Gasteiger partial charge in [-0.15, -0.1) is 0 Å². The van der Waals surface area contributed by atoms with E-state index >= 15 is 0 Å². The topological polar surface area (TPSA) is 48.9 Å². The Morgan fingerprint density at radius 2 is 1.58 bits per heavy atom. The van der Waals surface area contributed by atoms with Crippen molar-refractivity contribution in [2.75, 3.05) is 0 Å². The molecule has 3 rings (SSSR count). The summed E-state index contributed by atoms with van der Waals surface area (Å²) in [4.78, 5) is 6.79. The van der Waals surface area contributed by atoms with Crippen LogP contribution < -0.4 is 0 Å². The maximum Gasteiger partial charge on any atom is 0.136 e. The minimum atomic E-state index is 0.337. The first-order chi connectivity index (χ1) is 9.36. The summed E-state index contributed by atoms with van der Waals surface area (Å²) in [6, 6.07) is 17.4. The highest BCUT2D eigenvalue weighted by Crippen LogP contribution is 2.17. The van der Waals surface area contributed by atoms with Crippen LogP contribution in [0.2, 0.25) is 0 Å². The van der Waals surface area contributed by atoms with Gasteiger partial charge in [0, 0.05) is 25.0 Å². The predicted octanol–water partition coefficient (Wildman–Crippen LogP) is 3.39. The number of aromatic hydroxyl groups is 1. The molecule has 2 aromatic heterocycles. The van der Waals surface area contributed by atoms with Crippen molar-refractivity contribution >= 4 is 0 Å². The van der Waals surface area contributed by atoms with Gasteiger partial charge in [-0.2, -0.15) is 0 Å². The van der Waals surface area contributed by atoms with E-state index in [1.54, 1.807) is 24.7 Å². The summed E-state index contributed by atoms with van der Waals surface area (Å²) >= 11 is 0. The van der Waals surface area contributed by atoms with Crippen LogP contribution in [0.3, 0.4) is 0 Å². The SMILES string of the molecule is Oc1cc[nH]c1Cc1ccccc1.c1ccncc1. The number of rotatable bonds is 2. The molecule has 0 saturated carbocycles. The van der Waals surface area contributed by atoms with Crippen molar-refractivity contribution < 1.29 is 5.11 Å². The molecule has 0 spiro atoms. The van der Waals surface area contributed by atoms with E-state index in [1.165, 1.54) is 5.56 Å². The summed E-state index contributed by atoms with van der Waals surface area (Å²) in [5.41, 5.74) is 2.06. The summed E-state index contributed by atoms with van der Waals surface area (Å²) in [6.45, 7) is 0. The Labute approximate surface area is 112 Å². The second-order valence-electron chi connectivity index (χ2n) is 4.03. The highest BCUT2D eigenvalue weighted by atomic mass is 16.3. The third-order valence-electron chi connectivity index (χ3n) is 2.60. The third kappa shape index (κ3) is 4.32. The van der Waals surface area contributed by atoms with Crippen LogP contribution in [-0.2, 0) is 6.42 Å². The van der Waals surface area contributed by atoms with E-state index in [-0.39, 0.29) is 0 Å². The van der Waals surface area contributed by atoms with Crippen LogP contribution in [0.15, 0.2) is 73.2 Å². The normalized spacial score (nSPS) is 9.47. The first-order valence-corrected chi connectivity index (χ1v) is 6.10. The van der Waals surface area contributed by atoms with Gasteiger partial charge in [-0.1, -0.05) is 36.4 Å². The number of pyridine rings is 1. The molecule has 0 aliphatic heterocycles. The fourth-order valence-corrected chi connectivity index (χ4v) is 1.65. The number of H-pyrrole nitrogens is 1. The van der Waals surface area contributed by atoms with Crippen molar-refractivity contribution in [2.24, 2.45) is 0 Å². The summed E-state index contributed by atoms with van der Waals surface area (Å²) in [5.74, 6) is 0.337. The van der Waals surface area contributed by atoms with Gasteiger partial charge in [0.2, 0.25) is 0 Å². The lowest BCUT2D eigenvalue weighted by molar-refractivity contribution is 0.470. The Morgan fingerprint density at radius 3 is 2.05 bits per heavy atom. The van der Waals surface area contributed by atoms with Crippen molar-refractivity contribution in [2.45, 2.75) is 6.42 Å². The minimum Gasteiger partial charge on any atom is -0.506 e. The first-order valence-electron chi connectivity index (χ1n) is 6.10. The van der Waals surface area contributed by atoms with Gasteiger partial charge in [0.15, 0.2) is 0 Å². The molecule has 0 bridgehead atoms. The van der Waals surface area contributed by atoms with E-state index in [1.807, 2.05) is 48.5 Å². The number of benzene rings is 1. The fraction of sp³-hybridized carbons (Fsp3) is 0.0625. The second kappa shape index (κ2) is 7.01. The van der Waals surface area contributed by atoms with E-state index in [4.69, 9.17) is 0 Å². The summed E-state index contributed by atoms with van der Waals surface area (Å²) < 4.78 is 0. The molecule has 1 aromatic carbocycles. The Morgan fingerprint density at radius 1 is 0.895 bits per heavy atom. The lowest BCUT2D eigenvalue weighted by Gasteiger charge is -1.99. The molecule has 3 nitrogen and oxygen atoms in total.